The maximum atomic E-state index is 12.8. The number of nitrogens with one attached hydrogen (secondary N) is 1. The molecule has 2 aliphatic rings. The summed E-state index contributed by atoms with van der Waals surface area (Å²) in [5, 5.41) is 6.91. The Morgan fingerprint density at radius 3 is 2.64 bits per heavy atom. The van der Waals surface area contributed by atoms with Gasteiger partial charge in [0.2, 0.25) is 5.91 Å². The first-order chi connectivity index (χ1) is 10.5. The van der Waals surface area contributed by atoms with Crippen molar-refractivity contribution in [1.82, 2.24) is 20.0 Å². The van der Waals surface area contributed by atoms with Crippen molar-refractivity contribution in [3.8, 4) is 0 Å². The molecule has 0 aromatic carbocycles. The van der Waals surface area contributed by atoms with Gasteiger partial charge in [-0.15, -0.1) is 0 Å². The second kappa shape index (κ2) is 6.32. The largest absolute Gasteiger partial charge is 0.352 e. The fourth-order valence-corrected chi connectivity index (χ4v) is 2.96. The Labute approximate surface area is 128 Å². The zero-order valence-corrected chi connectivity index (χ0v) is 12.8. The molecule has 1 saturated heterocycles. The third kappa shape index (κ3) is 3.63. The Morgan fingerprint density at radius 1 is 1.36 bits per heavy atom. The van der Waals surface area contributed by atoms with Gasteiger partial charge >= 0.3 is 0 Å². The van der Waals surface area contributed by atoms with Gasteiger partial charge in [-0.05, 0) is 51.9 Å². The van der Waals surface area contributed by atoms with Crippen LogP contribution in [0.25, 0.3) is 0 Å². The van der Waals surface area contributed by atoms with Gasteiger partial charge in [0.05, 0.1) is 0 Å². The van der Waals surface area contributed by atoms with Gasteiger partial charge in [0.25, 0.3) is 6.43 Å². The number of nitrogens with zero attached hydrogens (tertiary/aromatic N) is 3. The number of piperidine rings is 1. The molecule has 1 aliphatic carbocycles. The van der Waals surface area contributed by atoms with Gasteiger partial charge in [0.1, 0.15) is 12.2 Å². The first kappa shape index (κ1) is 15.4. The summed E-state index contributed by atoms with van der Waals surface area (Å²) in [7, 11) is 2.07. The molecule has 0 atom stereocenters. The number of rotatable bonds is 5. The van der Waals surface area contributed by atoms with Crippen molar-refractivity contribution in [2.75, 3.05) is 20.1 Å². The Bertz CT molecular complexity index is 534. The number of amides is 1. The van der Waals surface area contributed by atoms with Gasteiger partial charge in [0, 0.05) is 17.7 Å². The molecule has 1 N–H and O–H groups in total. The molecular weight excluding hydrogens is 290 g/mol. The number of likely N-dealkylation sites (tertiary alicyclic amines) is 1. The summed E-state index contributed by atoms with van der Waals surface area (Å²) < 4.78 is 27.1. The molecule has 0 radical (unpaired) electrons. The highest BCUT2D eigenvalue weighted by atomic mass is 19.3. The van der Waals surface area contributed by atoms with Crippen LogP contribution in [0.1, 0.15) is 49.4 Å². The smallest absolute Gasteiger partial charge is 0.282 e. The molecule has 3 rings (SSSR count). The van der Waals surface area contributed by atoms with E-state index in [0.717, 1.165) is 44.5 Å². The SMILES string of the molecule is CN1CCC(NC(=O)Cn2nc(C(F)F)cc2C2CC2)CC1. The van der Waals surface area contributed by atoms with Gasteiger partial charge in [-0.3, -0.25) is 9.48 Å². The van der Waals surface area contributed by atoms with E-state index in [-0.39, 0.29) is 30.1 Å². The monoisotopic (exact) mass is 312 g/mol. The van der Waals surface area contributed by atoms with Gasteiger partial charge in [-0.25, -0.2) is 8.78 Å². The van der Waals surface area contributed by atoms with E-state index >= 15 is 0 Å². The molecule has 7 heteroatoms. The van der Waals surface area contributed by atoms with E-state index in [1.807, 2.05) is 0 Å². The van der Waals surface area contributed by atoms with Crippen LogP contribution in [0, 0.1) is 0 Å². The molecule has 2 fully saturated rings. The molecular formula is C15H22F2N4O. The average molecular weight is 312 g/mol. The topological polar surface area (TPSA) is 50.2 Å². The van der Waals surface area contributed by atoms with Crippen LogP contribution in [0.4, 0.5) is 8.78 Å². The van der Waals surface area contributed by atoms with Crippen LogP contribution in [-0.4, -0.2) is 46.8 Å². The molecule has 2 heterocycles. The number of alkyl halides is 2. The minimum atomic E-state index is -2.59. The molecule has 122 valence electrons. The van der Waals surface area contributed by atoms with E-state index in [1.165, 1.54) is 10.7 Å². The van der Waals surface area contributed by atoms with Crippen LogP contribution in [0.3, 0.4) is 0 Å². The van der Waals surface area contributed by atoms with E-state index in [1.54, 1.807) is 0 Å². The maximum absolute atomic E-state index is 12.8. The number of hydrogen-bond acceptors (Lipinski definition) is 3. The summed E-state index contributed by atoms with van der Waals surface area (Å²) in [6.07, 6.45) is 1.25. The molecule has 22 heavy (non-hydrogen) atoms. The minimum absolute atomic E-state index is 0.0326. The maximum Gasteiger partial charge on any atom is 0.282 e. The van der Waals surface area contributed by atoms with Gasteiger partial charge in [-0.1, -0.05) is 0 Å². The number of hydrogen-bond donors (Lipinski definition) is 1. The summed E-state index contributed by atoms with van der Waals surface area (Å²) in [4.78, 5) is 14.4. The van der Waals surface area contributed by atoms with Crippen molar-refractivity contribution in [1.29, 1.82) is 0 Å². The lowest BCUT2D eigenvalue weighted by atomic mass is 10.1. The van der Waals surface area contributed by atoms with Crippen LogP contribution >= 0.6 is 0 Å². The molecule has 1 aromatic heterocycles. The summed E-state index contributed by atoms with van der Waals surface area (Å²) >= 11 is 0. The molecule has 1 aliphatic heterocycles. The van der Waals surface area contributed by atoms with E-state index in [0.29, 0.717) is 0 Å². The molecule has 1 amide bonds. The van der Waals surface area contributed by atoms with Crippen molar-refractivity contribution in [2.45, 2.75) is 50.6 Å². The van der Waals surface area contributed by atoms with Crippen molar-refractivity contribution in [3.05, 3.63) is 17.5 Å². The van der Waals surface area contributed by atoms with Crippen LogP contribution in [0.2, 0.25) is 0 Å². The molecule has 0 spiro atoms. The molecule has 1 saturated carbocycles. The Balaban J connectivity index is 1.61. The lowest BCUT2D eigenvalue weighted by Crippen LogP contribution is -2.44. The summed E-state index contributed by atoms with van der Waals surface area (Å²) in [6, 6.07) is 1.63. The summed E-state index contributed by atoms with van der Waals surface area (Å²) in [5.41, 5.74) is 0.544. The van der Waals surface area contributed by atoms with Crippen molar-refractivity contribution in [3.63, 3.8) is 0 Å². The Kier molecular flexibility index (Phi) is 4.42. The van der Waals surface area contributed by atoms with E-state index in [2.05, 4.69) is 22.4 Å². The molecule has 0 unspecified atom stereocenters. The predicted molar refractivity (Wildman–Crippen MR) is 77.8 cm³/mol. The summed E-state index contributed by atoms with van der Waals surface area (Å²) in [6.45, 7) is 1.97. The predicted octanol–water partition coefficient (Wildman–Crippen LogP) is 1.91. The first-order valence-electron chi connectivity index (χ1n) is 7.86. The minimum Gasteiger partial charge on any atom is -0.352 e. The molecule has 1 aromatic rings. The number of carbonyl (C=O) groups is 1. The zero-order chi connectivity index (χ0) is 15.7. The summed E-state index contributed by atoms with van der Waals surface area (Å²) in [5.74, 6) is 0.150. The normalized spacial score (nSPS) is 20.5. The second-order valence-corrected chi connectivity index (χ2v) is 6.37. The van der Waals surface area contributed by atoms with Gasteiger partial charge in [0.15, 0.2) is 0 Å². The number of aromatic nitrogens is 2. The van der Waals surface area contributed by atoms with Crippen molar-refractivity contribution >= 4 is 5.91 Å². The van der Waals surface area contributed by atoms with E-state index < -0.39 is 6.43 Å². The molecule has 5 nitrogen and oxygen atoms in total. The second-order valence-electron chi connectivity index (χ2n) is 6.37. The Hall–Kier alpha value is -1.50. The zero-order valence-electron chi connectivity index (χ0n) is 12.8. The lowest BCUT2D eigenvalue weighted by molar-refractivity contribution is -0.122. The first-order valence-corrected chi connectivity index (χ1v) is 7.86. The van der Waals surface area contributed by atoms with Crippen molar-refractivity contribution < 1.29 is 13.6 Å². The molecule has 0 bridgehead atoms. The van der Waals surface area contributed by atoms with Crippen molar-refractivity contribution in [2.24, 2.45) is 0 Å². The number of carbonyl (C=O) groups excluding carboxylic acids is 1. The average Bonchev–Trinajstić information content (AvgIpc) is 3.22. The fourth-order valence-electron chi connectivity index (χ4n) is 2.96. The van der Waals surface area contributed by atoms with Crippen LogP contribution in [-0.2, 0) is 11.3 Å². The van der Waals surface area contributed by atoms with Gasteiger partial charge in [-0.2, -0.15) is 5.10 Å². The standard InChI is InChI=1S/C15H22F2N4O/c1-20-6-4-11(5-7-20)18-14(22)9-21-13(10-2-3-10)8-12(19-21)15(16)17/h8,10-11,15H,2-7,9H2,1H3,(H,18,22). The third-order valence-corrected chi connectivity index (χ3v) is 4.43. The highest BCUT2D eigenvalue weighted by Crippen LogP contribution is 2.41. The number of halogens is 2. The van der Waals surface area contributed by atoms with Crippen LogP contribution < -0.4 is 5.32 Å². The highest BCUT2D eigenvalue weighted by Gasteiger charge is 2.30. The quantitative estimate of drug-likeness (QED) is 0.903. The third-order valence-electron chi connectivity index (χ3n) is 4.43. The van der Waals surface area contributed by atoms with Crippen LogP contribution in [0.5, 0.6) is 0 Å². The van der Waals surface area contributed by atoms with Gasteiger partial charge < -0.3 is 10.2 Å². The van der Waals surface area contributed by atoms with E-state index in [4.69, 9.17) is 0 Å². The van der Waals surface area contributed by atoms with Crippen LogP contribution in [0.15, 0.2) is 6.07 Å². The van der Waals surface area contributed by atoms with E-state index in [9.17, 15) is 13.6 Å². The Morgan fingerprint density at radius 2 is 2.05 bits per heavy atom. The highest BCUT2D eigenvalue weighted by molar-refractivity contribution is 5.76. The fraction of sp³-hybridized carbons (Fsp3) is 0.733. The lowest BCUT2D eigenvalue weighted by Gasteiger charge is -2.29.